The molecule has 3 rings (SSSR count). The number of hydrogen-bond donors (Lipinski definition) is 0. The molecule has 3 aromatic carbocycles. The van der Waals surface area contributed by atoms with E-state index >= 15 is 0 Å². The van der Waals surface area contributed by atoms with E-state index in [4.69, 9.17) is 0 Å². The molecule has 0 heterocycles. The van der Waals surface area contributed by atoms with Gasteiger partial charge in [-0.1, -0.05) is 60.5 Å². The minimum absolute atomic E-state index is 0. The third-order valence-electron chi connectivity index (χ3n) is 5.18. The van der Waals surface area contributed by atoms with Crippen LogP contribution in [0.1, 0.15) is 53.6 Å². The predicted octanol–water partition coefficient (Wildman–Crippen LogP) is 0.718. The van der Waals surface area contributed by atoms with E-state index in [-0.39, 0.29) is 35.6 Å². The topological polar surface area (TPSA) is 0 Å². The third-order valence-corrected chi connectivity index (χ3v) is 5.18. The SMILES string of the molecule is CCCc1c(C)c(C)c(C)[c-]1C.CCc1cc2ccccc2[cH-]1.[F-].[F-].[Zr+4]. The molecule has 0 saturated heterocycles. The van der Waals surface area contributed by atoms with E-state index in [1.54, 1.807) is 5.56 Å². The van der Waals surface area contributed by atoms with Crippen molar-refractivity contribution in [1.82, 2.24) is 0 Å². The summed E-state index contributed by atoms with van der Waals surface area (Å²) in [6.07, 6.45) is 3.63. The number of hydrogen-bond acceptors (Lipinski definition) is 0. The summed E-state index contributed by atoms with van der Waals surface area (Å²) in [6, 6.07) is 13.0. The molecule has 3 heteroatoms. The molecule has 0 radical (unpaired) electrons. The molecule has 0 aliphatic rings. The van der Waals surface area contributed by atoms with E-state index in [0.717, 1.165) is 6.42 Å². The minimum Gasteiger partial charge on any atom is -1.00 e. The van der Waals surface area contributed by atoms with Crippen molar-refractivity contribution >= 4 is 10.8 Å². The monoisotopic (exact) mass is 434 g/mol. The van der Waals surface area contributed by atoms with Gasteiger partial charge in [-0.25, -0.2) is 0 Å². The van der Waals surface area contributed by atoms with Crippen molar-refractivity contribution in [2.45, 2.75) is 60.8 Å². The smallest absolute Gasteiger partial charge is 1.00 e. The maximum atomic E-state index is 2.26. The summed E-state index contributed by atoms with van der Waals surface area (Å²) in [4.78, 5) is 0. The molecule has 0 nitrogen and oxygen atoms in total. The molecule has 0 N–H and O–H groups in total. The predicted molar refractivity (Wildman–Crippen MR) is 104 cm³/mol. The van der Waals surface area contributed by atoms with Crippen LogP contribution in [0.25, 0.3) is 10.8 Å². The van der Waals surface area contributed by atoms with Crippen molar-refractivity contribution in [3.05, 3.63) is 69.8 Å². The van der Waals surface area contributed by atoms with E-state index in [1.807, 2.05) is 0 Å². The van der Waals surface area contributed by atoms with Crippen molar-refractivity contribution < 1.29 is 35.6 Å². The first-order chi connectivity index (χ1) is 11.0. The van der Waals surface area contributed by atoms with Crippen molar-refractivity contribution in [3.63, 3.8) is 0 Å². The van der Waals surface area contributed by atoms with E-state index < -0.39 is 0 Å². The fourth-order valence-corrected chi connectivity index (χ4v) is 3.34. The van der Waals surface area contributed by atoms with Gasteiger partial charge in [0.25, 0.3) is 0 Å². The van der Waals surface area contributed by atoms with Crippen molar-refractivity contribution in [3.8, 4) is 0 Å². The average molecular weight is 436 g/mol. The van der Waals surface area contributed by atoms with Crippen LogP contribution >= 0.6 is 0 Å². The molecular weight excluding hydrogens is 405 g/mol. The number of benzene rings is 1. The molecule has 26 heavy (non-hydrogen) atoms. The normalized spacial score (nSPS) is 9.46. The van der Waals surface area contributed by atoms with E-state index in [2.05, 4.69) is 77.9 Å². The van der Waals surface area contributed by atoms with Gasteiger partial charge in [0.05, 0.1) is 0 Å². The van der Waals surface area contributed by atoms with Crippen LogP contribution < -0.4 is 9.41 Å². The molecule has 0 fully saturated rings. The Morgan fingerprint density at radius 2 is 1.58 bits per heavy atom. The van der Waals surface area contributed by atoms with Gasteiger partial charge < -0.3 is 9.41 Å². The average Bonchev–Trinajstić information content (AvgIpc) is 3.07. The molecule has 0 spiro atoms. The number of rotatable bonds is 3. The van der Waals surface area contributed by atoms with Gasteiger partial charge in [-0.05, 0) is 6.42 Å². The molecule has 0 saturated carbocycles. The summed E-state index contributed by atoms with van der Waals surface area (Å²) in [5.74, 6) is 0. The first-order valence-electron chi connectivity index (χ1n) is 8.85. The van der Waals surface area contributed by atoms with Crippen molar-refractivity contribution in [2.24, 2.45) is 0 Å². The second kappa shape index (κ2) is 12.3. The molecule has 0 amide bonds. The maximum absolute atomic E-state index is 2.26. The van der Waals surface area contributed by atoms with Crippen molar-refractivity contribution in [2.75, 3.05) is 0 Å². The number of fused-ring (bicyclic) bond motifs is 1. The van der Waals surface area contributed by atoms with Gasteiger partial charge >= 0.3 is 26.2 Å². The first kappa shape index (κ1) is 27.1. The largest absolute Gasteiger partial charge is 4.00 e. The maximum Gasteiger partial charge on any atom is 4.00 e. The van der Waals surface area contributed by atoms with Crippen LogP contribution in [0.2, 0.25) is 0 Å². The zero-order valence-electron chi connectivity index (χ0n) is 16.8. The number of aryl methyl sites for hydroxylation is 1. The molecule has 0 atom stereocenters. The molecule has 0 unspecified atom stereocenters. The Balaban J connectivity index is 0. The van der Waals surface area contributed by atoms with Crippen LogP contribution in [0.15, 0.2) is 36.4 Å². The van der Waals surface area contributed by atoms with E-state index in [1.165, 1.54) is 51.4 Å². The Labute approximate surface area is 176 Å². The Morgan fingerprint density at radius 1 is 0.962 bits per heavy atom. The molecule has 3 aromatic rings. The van der Waals surface area contributed by atoms with Gasteiger partial charge in [0, 0.05) is 0 Å². The van der Waals surface area contributed by atoms with Gasteiger partial charge in [-0.15, -0.1) is 40.6 Å². The second-order valence-corrected chi connectivity index (χ2v) is 6.57. The molecule has 0 aromatic heterocycles. The van der Waals surface area contributed by atoms with Gasteiger partial charge in [0.1, 0.15) is 0 Å². The Kier molecular flexibility index (Phi) is 12.9. The third kappa shape index (κ3) is 5.98. The standard InChI is InChI=1S/C12H19.C11H11.2FH.Zr/c1-6-7-12-10(4)8(2)9(3)11(12)5;1-2-9-7-10-5-3-4-6-11(10)8-9;;;/h6-7H2,1-5H3;3-8H,2H2,1H3;2*1H;/q2*-1;;;+4/p-2. The van der Waals surface area contributed by atoms with E-state index in [9.17, 15) is 0 Å². The van der Waals surface area contributed by atoms with Crippen molar-refractivity contribution in [1.29, 1.82) is 0 Å². The van der Waals surface area contributed by atoms with Crippen LogP contribution in [0.5, 0.6) is 0 Å². The van der Waals surface area contributed by atoms with E-state index in [0.29, 0.717) is 0 Å². The summed E-state index contributed by atoms with van der Waals surface area (Å²) in [5.41, 5.74) is 9.06. The molecule has 0 bridgehead atoms. The fourth-order valence-electron chi connectivity index (χ4n) is 3.34. The Bertz CT molecular complexity index is 722. The fraction of sp³-hybridized carbons (Fsp3) is 0.391. The Morgan fingerprint density at radius 3 is 2.04 bits per heavy atom. The van der Waals surface area contributed by atoms with Crippen LogP contribution in [0.3, 0.4) is 0 Å². The molecule has 140 valence electrons. The van der Waals surface area contributed by atoms with Gasteiger partial charge in [0.15, 0.2) is 0 Å². The quantitative estimate of drug-likeness (QED) is 0.532. The molecule has 0 aliphatic carbocycles. The van der Waals surface area contributed by atoms with Crippen LogP contribution in [-0.2, 0) is 39.0 Å². The van der Waals surface area contributed by atoms with Crippen LogP contribution in [0.4, 0.5) is 0 Å². The van der Waals surface area contributed by atoms with Crippen LogP contribution in [-0.4, -0.2) is 0 Å². The van der Waals surface area contributed by atoms with Gasteiger partial charge in [-0.3, -0.25) is 0 Å². The summed E-state index contributed by atoms with van der Waals surface area (Å²) in [5, 5.41) is 2.73. The zero-order valence-corrected chi connectivity index (χ0v) is 19.3. The summed E-state index contributed by atoms with van der Waals surface area (Å²) < 4.78 is 0. The molecular formula is C23H30F2Zr. The Hall–Kier alpha value is -1.08. The zero-order chi connectivity index (χ0) is 17.0. The second-order valence-electron chi connectivity index (χ2n) is 6.57. The van der Waals surface area contributed by atoms with Crippen LogP contribution in [0, 0.1) is 27.7 Å². The minimum atomic E-state index is 0. The molecule has 0 aliphatic heterocycles. The summed E-state index contributed by atoms with van der Waals surface area (Å²) in [7, 11) is 0. The van der Waals surface area contributed by atoms with Gasteiger partial charge in [0.2, 0.25) is 0 Å². The summed E-state index contributed by atoms with van der Waals surface area (Å²) in [6.45, 7) is 13.4. The number of halogens is 2. The summed E-state index contributed by atoms with van der Waals surface area (Å²) >= 11 is 0. The first-order valence-corrected chi connectivity index (χ1v) is 8.85. The van der Waals surface area contributed by atoms with Gasteiger partial charge in [-0.2, -0.15) is 33.9 Å².